The number of hydrogen-bond donors (Lipinski definition) is 1. The SMILES string of the molecule is FC(Cc1ccc(Br)cn1)C1CCNCC1. The van der Waals surface area contributed by atoms with E-state index >= 15 is 0 Å². The van der Waals surface area contributed by atoms with Gasteiger partial charge in [0.05, 0.1) is 0 Å². The summed E-state index contributed by atoms with van der Waals surface area (Å²) in [5.74, 6) is 0.201. The Morgan fingerprint density at radius 1 is 1.44 bits per heavy atom. The number of hydrogen-bond acceptors (Lipinski definition) is 2. The smallest absolute Gasteiger partial charge is 0.109 e. The molecule has 1 saturated heterocycles. The first-order chi connectivity index (χ1) is 7.75. The van der Waals surface area contributed by atoms with Crippen molar-refractivity contribution in [2.24, 2.45) is 5.92 Å². The minimum absolute atomic E-state index is 0.201. The Morgan fingerprint density at radius 3 is 2.81 bits per heavy atom. The second-order valence-electron chi connectivity index (χ2n) is 4.28. The van der Waals surface area contributed by atoms with Gasteiger partial charge in [0.15, 0.2) is 0 Å². The van der Waals surface area contributed by atoms with E-state index in [4.69, 9.17) is 0 Å². The van der Waals surface area contributed by atoms with E-state index in [0.717, 1.165) is 36.1 Å². The lowest BCUT2D eigenvalue weighted by Gasteiger charge is -2.25. The molecule has 1 fully saturated rings. The zero-order chi connectivity index (χ0) is 11.4. The van der Waals surface area contributed by atoms with Crippen LogP contribution in [0.1, 0.15) is 18.5 Å². The Bertz CT molecular complexity index is 322. The van der Waals surface area contributed by atoms with Gasteiger partial charge in [-0.3, -0.25) is 4.98 Å². The van der Waals surface area contributed by atoms with Crippen molar-refractivity contribution in [1.82, 2.24) is 10.3 Å². The molecule has 1 atom stereocenters. The predicted octanol–water partition coefficient (Wildman–Crippen LogP) is 2.72. The highest BCUT2D eigenvalue weighted by molar-refractivity contribution is 9.10. The fraction of sp³-hybridized carbons (Fsp3) is 0.583. The summed E-state index contributed by atoms with van der Waals surface area (Å²) in [4.78, 5) is 4.21. The first-order valence-corrected chi connectivity index (χ1v) is 6.50. The van der Waals surface area contributed by atoms with Gasteiger partial charge in [-0.05, 0) is 59.9 Å². The Hall–Kier alpha value is -0.480. The number of halogens is 2. The van der Waals surface area contributed by atoms with Crippen LogP contribution >= 0.6 is 15.9 Å². The van der Waals surface area contributed by atoms with Crippen molar-refractivity contribution < 1.29 is 4.39 Å². The van der Waals surface area contributed by atoms with Crippen molar-refractivity contribution in [3.63, 3.8) is 0 Å². The van der Waals surface area contributed by atoms with Gasteiger partial charge < -0.3 is 5.32 Å². The van der Waals surface area contributed by atoms with Gasteiger partial charge in [0.1, 0.15) is 6.17 Å². The Morgan fingerprint density at radius 2 is 2.19 bits per heavy atom. The van der Waals surface area contributed by atoms with E-state index in [-0.39, 0.29) is 5.92 Å². The minimum Gasteiger partial charge on any atom is -0.317 e. The van der Waals surface area contributed by atoms with Crippen LogP contribution in [0.25, 0.3) is 0 Å². The summed E-state index contributed by atoms with van der Waals surface area (Å²) >= 11 is 3.32. The predicted molar refractivity (Wildman–Crippen MR) is 66.1 cm³/mol. The maximum Gasteiger partial charge on any atom is 0.109 e. The lowest BCUT2D eigenvalue weighted by atomic mass is 9.91. The van der Waals surface area contributed by atoms with Crippen LogP contribution in [0, 0.1) is 5.92 Å². The lowest BCUT2D eigenvalue weighted by Crippen LogP contribution is -2.33. The van der Waals surface area contributed by atoms with Crippen LogP contribution in [-0.4, -0.2) is 24.2 Å². The van der Waals surface area contributed by atoms with Gasteiger partial charge in [0.25, 0.3) is 0 Å². The number of rotatable bonds is 3. The number of aromatic nitrogens is 1. The molecule has 0 aromatic carbocycles. The number of piperidine rings is 1. The van der Waals surface area contributed by atoms with Crippen LogP contribution in [0.5, 0.6) is 0 Å². The normalized spacial score (nSPS) is 19.6. The van der Waals surface area contributed by atoms with Crippen LogP contribution in [0.3, 0.4) is 0 Å². The van der Waals surface area contributed by atoms with Gasteiger partial charge in [-0.2, -0.15) is 0 Å². The molecule has 0 saturated carbocycles. The molecule has 1 aliphatic heterocycles. The highest BCUT2D eigenvalue weighted by Crippen LogP contribution is 2.22. The molecular weight excluding hydrogens is 271 g/mol. The fourth-order valence-electron chi connectivity index (χ4n) is 2.10. The zero-order valence-corrected chi connectivity index (χ0v) is 10.7. The molecule has 16 heavy (non-hydrogen) atoms. The highest BCUT2D eigenvalue weighted by Gasteiger charge is 2.23. The first kappa shape index (κ1) is 12.0. The quantitative estimate of drug-likeness (QED) is 0.924. The molecule has 1 aromatic heterocycles. The standard InChI is InChI=1S/C12H16BrFN2/c13-10-1-2-11(16-8-10)7-12(14)9-3-5-15-6-4-9/h1-2,8-9,12,15H,3-7H2. The molecule has 2 nitrogen and oxygen atoms in total. The van der Waals surface area contributed by atoms with Crippen molar-refractivity contribution in [2.75, 3.05) is 13.1 Å². The average Bonchev–Trinajstić information content (AvgIpc) is 2.33. The van der Waals surface area contributed by atoms with E-state index in [1.54, 1.807) is 6.20 Å². The molecule has 1 aliphatic rings. The second-order valence-corrected chi connectivity index (χ2v) is 5.19. The maximum atomic E-state index is 14.0. The van der Waals surface area contributed by atoms with E-state index in [1.807, 2.05) is 12.1 Å². The van der Waals surface area contributed by atoms with E-state index in [9.17, 15) is 4.39 Å². The topological polar surface area (TPSA) is 24.9 Å². The minimum atomic E-state index is -0.754. The number of alkyl halides is 1. The van der Waals surface area contributed by atoms with E-state index in [1.165, 1.54) is 0 Å². The van der Waals surface area contributed by atoms with Crippen LogP contribution in [0.15, 0.2) is 22.8 Å². The molecule has 0 aliphatic carbocycles. The number of nitrogens with one attached hydrogen (secondary N) is 1. The fourth-order valence-corrected chi connectivity index (χ4v) is 2.33. The van der Waals surface area contributed by atoms with Gasteiger partial charge in [-0.25, -0.2) is 4.39 Å². The summed E-state index contributed by atoms with van der Waals surface area (Å²) in [6.45, 7) is 1.89. The Labute approximate surface area is 104 Å². The summed E-state index contributed by atoms with van der Waals surface area (Å²) in [5.41, 5.74) is 0.842. The summed E-state index contributed by atoms with van der Waals surface area (Å²) in [6.07, 6.45) is 3.30. The largest absolute Gasteiger partial charge is 0.317 e. The summed E-state index contributed by atoms with van der Waals surface area (Å²) in [6, 6.07) is 3.80. The second kappa shape index (κ2) is 5.73. The highest BCUT2D eigenvalue weighted by atomic mass is 79.9. The zero-order valence-electron chi connectivity index (χ0n) is 9.13. The summed E-state index contributed by atoms with van der Waals surface area (Å²) in [5, 5.41) is 3.25. The average molecular weight is 287 g/mol. The molecule has 2 heterocycles. The van der Waals surface area contributed by atoms with Crippen LogP contribution in [0.4, 0.5) is 4.39 Å². The lowest BCUT2D eigenvalue weighted by molar-refractivity contribution is 0.186. The molecule has 0 spiro atoms. The van der Waals surface area contributed by atoms with Crippen molar-refractivity contribution in [3.8, 4) is 0 Å². The van der Waals surface area contributed by atoms with Gasteiger partial charge >= 0.3 is 0 Å². The van der Waals surface area contributed by atoms with Crippen molar-refractivity contribution in [3.05, 3.63) is 28.5 Å². The molecule has 1 aromatic rings. The van der Waals surface area contributed by atoms with Crippen molar-refractivity contribution in [1.29, 1.82) is 0 Å². The van der Waals surface area contributed by atoms with E-state index in [2.05, 4.69) is 26.2 Å². The monoisotopic (exact) mass is 286 g/mol. The molecule has 4 heteroatoms. The number of pyridine rings is 1. The summed E-state index contributed by atoms with van der Waals surface area (Å²) < 4.78 is 14.9. The first-order valence-electron chi connectivity index (χ1n) is 5.71. The van der Waals surface area contributed by atoms with E-state index < -0.39 is 6.17 Å². The maximum absolute atomic E-state index is 14.0. The van der Waals surface area contributed by atoms with Gasteiger partial charge in [0, 0.05) is 22.8 Å². The third-order valence-electron chi connectivity index (χ3n) is 3.09. The van der Waals surface area contributed by atoms with Gasteiger partial charge in [0.2, 0.25) is 0 Å². The molecule has 0 amide bonds. The third kappa shape index (κ3) is 3.25. The third-order valence-corrected chi connectivity index (χ3v) is 3.56. The van der Waals surface area contributed by atoms with Crippen LogP contribution < -0.4 is 5.32 Å². The molecule has 88 valence electrons. The van der Waals surface area contributed by atoms with Gasteiger partial charge in [-0.15, -0.1) is 0 Å². The van der Waals surface area contributed by atoms with Crippen molar-refractivity contribution >= 4 is 15.9 Å². The molecular formula is C12H16BrFN2. The van der Waals surface area contributed by atoms with Crippen molar-refractivity contribution in [2.45, 2.75) is 25.4 Å². The van der Waals surface area contributed by atoms with Gasteiger partial charge in [-0.1, -0.05) is 0 Å². The molecule has 2 rings (SSSR count). The Balaban J connectivity index is 1.90. The van der Waals surface area contributed by atoms with E-state index in [0.29, 0.717) is 6.42 Å². The van der Waals surface area contributed by atoms with Crippen LogP contribution in [-0.2, 0) is 6.42 Å². The molecule has 0 bridgehead atoms. The molecule has 1 N–H and O–H groups in total. The molecule has 0 radical (unpaired) electrons. The number of nitrogens with zero attached hydrogens (tertiary/aromatic N) is 1. The van der Waals surface area contributed by atoms with Crippen LogP contribution in [0.2, 0.25) is 0 Å². The Kier molecular flexibility index (Phi) is 4.29. The summed E-state index contributed by atoms with van der Waals surface area (Å²) in [7, 11) is 0. The molecule has 1 unspecified atom stereocenters.